The first-order valence-electron chi connectivity index (χ1n) is 5.86. The molecule has 3 heteroatoms. The fourth-order valence-corrected chi connectivity index (χ4v) is 2.37. The second kappa shape index (κ2) is 4.39. The minimum absolute atomic E-state index is 0.936. The molecule has 1 N–H and O–H groups in total. The Morgan fingerprint density at radius 2 is 1.67 bits per heavy atom. The molecule has 0 spiro atoms. The van der Waals surface area contributed by atoms with Crippen molar-refractivity contribution >= 4 is 33.6 Å². The minimum atomic E-state index is 0.936. The van der Waals surface area contributed by atoms with Gasteiger partial charge in [0.25, 0.3) is 0 Å². The number of aryl methyl sites for hydroxylation is 2. The molecule has 0 radical (unpaired) electrons. The van der Waals surface area contributed by atoms with E-state index in [1.54, 1.807) is 0 Å². The van der Waals surface area contributed by atoms with Gasteiger partial charge in [-0.2, -0.15) is 0 Å². The third kappa shape index (κ3) is 2.03. The highest BCUT2D eigenvalue weighted by Crippen LogP contribution is 2.23. The number of nitrogens with one attached hydrogen (secondary N) is 1. The van der Waals surface area contributed by atoms with Gasteiger partial charge < -0.3 is 4.98 Å². The summed E-state index contributed by atoms with van der Waals surface area (Å²) in [5.41, 5.74) is 5.84. The van der Waals surface area contributed by atoms with E-state index in [4.69, 9.17) is 0 Å². The van der Waals surface area contributed by atoms with Crippen LogP contribution in [0.4, 0.5) is 0 Å². The number of fused-ring (bicyclic) bond motifs is 1. The lowest BCUT2D eigenvalue weighted by Gasteiger charge is -1.97. The standard InChI is InChI=1S/C15H13IN2/c1-9-7-13-14(8-10(9)2)18-15(17-13)11-3-5-12(16)6-4-11/h3-8H,1-2H3,(H,17,18). The summed E-state index contributed by atoms with van der Waals surface area (Å²) in [6, 6.07) is 12.7. The molecule has 0 unspecified atom stereocenters. The van der Waals surface area contributed by atoms with Gasteiger partial charge in [-0.3, -0.25) is 0 Å². The predicted molar refractivity (Wildman–Crippen MR) is 83.7 cm³/mol. The average molecular weight is 348 g/mol. The van der Waals surface area contributed by atoms with Crippen LogP contribution in [0.1, 0.15) is 11.1 Å². The summed E-state index contributed by atoms with van der Waals surface area (Å²) in [6.07, 6.45) is 0. The van der Waals surface area contributed by atoms with Crippen molar-refractivity contribution in [3.05, 3.63) is 51.1 Å². The second-order valence-electron chi connectivity index (χ2n) is 4.55. The molecule has 1 aromatic heterocycles. The number of aromatic amines is 1. The molecule has 0 bridgehead atoms. The highest BCUT2D eigenvalue weighted by molar-refractivity contribution is 14.1. The van der Waals surface area contributed by atoms with Crippen LogP contribution in [-0.2, 0) is 0 Å². The molecule has 1 heterocycles. The number of H-pyrrole nitrogens is 1. The van der Waals surface area contributed by atoms with Gasteiger partial charge in [-0.1, -0.05) is 12.1 Å². The van der Waals surface area contributed by atoms with Crippen molar-refractivity contribution in [2.24, 2.45) is 0 Å². The predicted octanol–water partition coefficient (Wildman–Crippen LogP) is 4.45. The minimum Gasteiger partial charge on any atom is -0.338 e. The maximum absolute atomic E-state index is 4.66. The number of halogens is 1. The highest BCUT2D eigenvalue weighted by atomic mass is 127. The molecule has 0 aliphatic heterocycles. The topological polar surface area (TPSA) is 28.7 Å². The zero-order valence-electron chi connectivity index (χ0n) is 10.3. The molecular formula is C15H13IN2. The molecule has 0 saturated carbocycles. The summed E-state index contributed by atoms with van der Waals surface area (Å²) in [5, 5.41) is 0. The van der Waals surface area contributed by atoms with Crippen molar-refractivity contribution in [1.29, 1.82) is 0 Å². The van der Waals surface area contributed by atoms with Gasteiger partial charge in [0, 0.05) is 9.13 Å². The first kappa shape index (κ1) is 11.7. The fourth-order valence-electron chi connectivity index (χ4n) is 2.01. The Balaban J connectivity index is 2.16. The molecule has 0 atom stereocenters. The Bertz CT molecular complexity index is 672. The van der Waals surface area contributed by atoms with Crippen molar-refractivity contribution < 1.29 is 0 Å². The smallest absolute Gasteiger partial charge is 0.138 e. The summed E-state index contributed by atoms with van der Waals surface area (Å²) < 4.78 is 1.24. The largest absolute Gasteiger partial charge is 0.338 e. The van der Waals surface area contributed by atoms with Crippen LogP contribution < -0.4 is 0 Å². The van der Waals surface area contributed by atoms with E-state index >= 15 is 0 Å². The second-order valence-corrected chi connectivity index (χ2v) is 5.79. The molecule has 0 saturated heterocycles. The van der Waals surface area contributed by atoms with Crippen LogP contribution in [0.3, 0.4) is 0 Å². The lowest BCUT2D eigenvalue weighted by atomic mass is 10.1. The molecular weight excluding hydrogens is 335 g/mol. The average Bonchev–Trinajstić information content (AvgIpc) is 2.73. The van der Waals surface area contributed by atoms with Crippen LogP contribution in [0, 0.1) is 17.4 Å². The Kier molecular flexibility index (Phi) is 2.86. The Labute approximate surface area is 120 Å². The first-order chi connectivity index (χ1) is 8.63. The normalized spacial score (nSPS) is 11.1. The van der Waals surface area contributed by atoms with Crippen LogP contribution in [0.15, 0.2) is 36.4 Å². The zero-order chi connectivity index (χ0) is 12.7. The highest BCUT2D eigenvalue weighted by Gasteiger charge is 2.06. The van der Waals surface area contributed by atoms with E-state index in [-0.39, 0.29) is 0 Å². The molecule has 0 fully saturated rings. The molecule has 2 nitrogen and oxygen atoms in total. The van der Waals surface area contributed by atoms with Crippen LogP contribution in [0.25, 0.3) is 22.4 Å². The van der Waals surface area contributed by atoms with E-state index in [1.807, 2.05) is 0 Å². The number of imidazole rings is 1. The van der Waals surface area contributed by atoms with Gasteiger partial charge in [0.05, 0.1) is 11.0 Å². The third-order valence-electron chi connectivity index (χ3n) is 3.22. The van der Waals surface area contributed by atoms with Crippen LogP contribution >= 0.6 is 22.6 Å². The van der Waals surface area contributed by atoms with Crippen LogP contribution in [0.2, 0.25) is 0 Å². The van der Waals surface area contributed by atoms with E-state index in [2.05, 4.69) is 82.8 Å². The van der Waals surface area contributed by atoms with Crippen LogP contribution in [-0.4, -0.2) is 9.97 Å². The maximum Gasteiger partial charge on any atom is 0.138 e. The zero-order valence-corrected chi connectivity index (χ0v) is 12.4. The Morgan fingerprint density at radius 3 is 2.39 bits per heavy atom. The number of benzene rings is 2. The lowest BCUT2D eigenvalue weighted by molar-refractivity contribution is 1.33. The maximum atomic E-state index is 4.66. The van der Waals surface area contributed by atoms with Gasteiger partial charge in [-0.25, -0.2) is 4.98 Å². The van der Waals surface area contributed by atoms with Gasteiger partial charge >= 0.3 is 0 Å². The van der Waals surface area contributed by atoms with Gasteiger partial charge in [0.2, 0.25) is 0 Å². The molecule has 0 amide bonds. The molecule has 0 aliphatic rings. The third-order valence-corrected chi connectivity index (χ3v) is 3.93. The van der Waals surface area contributed by atoms with Gasteiger partial charge in [0.1, 0.15) is 5.82 Å². The van der Waals surface area contributed by atoms with E-state index in [9.17, 15) is 0 Å². The molecule has 2 aromatic carbocycles. The number of nitrogens with zero attached hydrogens (tertiary/aromatic N) is 1. The number of rotatable bonds is 1. The van der Waals surface area contributed by atoms with Crippen molar-refractivity contribution in [1.82, 2.24) is 9.97 Å². The Hall–Kier alpha value is -1.36. The summed E-state index contributed by atoms with van der Waals surface area (Å²) in [5.74, 6) is 0.936. The monoisotopic (exact) mass is 348 g/mol. The number of hydrogen-bond acceptors (Lipinski definition) is 1. The lowest BCUT2D eigenvalue weighted by Crippen LogP contribution is -1.79. The van der Waals surface area contributed by atoms with Gasteiger partial charge in [-0.15, -0.1) is 0 Å². The van der Waals surface area contributed by atoms with Crippen molar-refractivity contribution in [2.75, 3.05) is 0 Å². The molecule has 3 aromatic rings. The van der Waals surface area contributed by atoms with E-state index in [0.29, 0.717) is 0 Å². The van der Waals surface area contributed by atoms with Gasteiger partial charge in [0.15, 0.2) is 0 Å². The molecule has 3 rings (SSSR count). The van der Waals surface area contributed by atoms with Crippen molar-refractivity contribution in [3.63, 3.8) is 0 Å². The SMILES string of the molecule is Cc1cc2nc(-c3ccc(I)cc3)[nH]c2cc1C. The quantitative estimate of drug-likeness (QED) is 0.647. The summed E-state index contributed by atoms with van der Waals surface area (Å²) >= 11 is 2.31. The fraction of sp³-hybridized carbons (Fsp3) is 0.133. The summed E-state index contributed by atoms with van der Waals surface area (Å²) in [7, 11) is 0. The van der Waals surface area contributed by atoms with E-state index in [1.165, 1.54) is 14.7 Å². The summed E-state index contributed by atoms with van der Waals surface area (Å²) in [6.45, 7) is 4.24. The van der Waals surface area contributed by atoms with E-state index < -0.39 is 0 Å². The van der Waals surface area contributed by atoms with Gasteiger partial charge in [-0.05, 0) is 71.8 Å². The number of hydrogen-bond donors (Lipinski definition) is 1. The first-order valence-corrected chi connectivity index (χ1v) is 6.94. The molecule has 90 valence electrons. The van der Waals surface area contributed by atoms with Crippen molar-refractivity contribution in [3.8, 4) is 11.4 Å². The summed E-state index contributed by atoms with van der Waals surface area (Å²) in [4.78, 5) is 8.04. The molecule has 0 aliphatic carbocycles. The van der Waals surface area contributed by atoms with Crippen molar-refractivity contribution in [2.45, 2.75) is 13.8 Å². The number of aromatic nitrogens is 2. The molecule has 18 heavy (non-hydrogen) atoms. The Morgan fingerprint density at radius 1 is 1.00 bits per heavy atom. The van der Waals surface area contributed by atoms with E-state index in [0.717, 1.165) is 22.4 Å². The van der Waals surface area contributed by atoms with Crippen LogP contribution in [0.5, 0.6) is 0 Å².